The lowest BCUT2D eigenvalue weighted by Gasteiger charge is -2.10. The number of hydrogen-bond acceptors (Lipinski definition) is 4. The summed E-state index contributed by atoms with van der Waals surface area (Å²) in [5.74, 6) is -0.361. The summed E-state index contributed by atoms with van der Waals surface area (Å²) in [7, 11) is 0. The lowest BCUT2D eigenvalue weighted by atomic mass is 10.3. The summed E-state index contributed by atoms with van der Waals surface area (Å²) < 4.78 is 1.28. The van der Waals surface area contributed by atoms with Crippen LogP contribution in [0.4, 0.5) is 5.69 Å². The molecule has 2 heterocycles. The highest BCUT2D eigenvalue weighted by molar-refractivity contribution is 6.02. The molecule has 0 unspecified atom stereocenters. The molecule has 0 bridgehead atoms. The third-order valence-corrected chi connectivity index (χ3v) is 2.49. The van der Waals surface area contributed by atoms with Crippen LogP contribution in [0.2, 0.25) is 0 Å². The van der Waals surface area contributed by atoms with Crippen LogP contribution in [0.5, 0.6) is 0 Å². The highest BCUT2D eigenvalue weighted by atomic mass is 16.2. The van der Waals surface area contributed by atoms with Gasteiger partial charge in [0.15, 0.2) is 0 Å². The molecule has 0 radical (unpaired) electrons. The molecule has 0 aliphatic rings. The van der Waals surface area contributed by atoms with Crippen molar-refractivity contribution in [1.82, 2.24) is 14.8 Å². The zero-order valence-corrected chi connectivity index (χ0v) is 10.7. The molecule has 2 aromatic rings. The number of rotatable bonds is 3. The van der Waals surface area contributed by atoms with Crippen LogP contribution in [-0.2, 0) is 0 Å². The van der Waals surface area contributed by atoms with Crippen molar-refractivity contribution >= 4 is 11.6 Å². The molecule has 98 valence electrons. The normalized spacial score (nSPS) is 10.5. The van der Waals surface area contributed by atoms with E-state index in [-0.39, 0.29) is 23.2 Å². The Morgan fingerprint density at radius 1 is 1.21 bits per heavy atom. The van der Waals surface area contributed by atoms with Crippen molar-refractivity contribution in [3.8, 4) is 0 Å². The minimum absolute atomic E-state index is 0.0961. The zero-order chi connectivity index (χ0) is 13.8. The van der Waals surface area contributed by atoms with Crippen LogP contribution in [0.25, 0.3) is 0 Å². The van der Waals surface area contributed by atoms with Gasteiger partial charge in [0.1, 0.15) is 5.69 Å². The van der Waals surface area contributed by atoms with Crippen LogP contribution >= 0.6 is 0 Å². The van der Waals surface area contributed by atoms with E-state index >= 15 is 0 Å². The van der Waals surface area contributed by atoms with Gasteiger partial charge < -0.3 is 5.32 Å². The van der Waals surface area contributed by atoms with Crippen LogP contribution in [0, 0.1) is 0 Å². The monoisotopic (exact) mass is 258 g/mol. The Hall–Kier alpha value is -2.50. The molecule has 0 saturated heterocycles. The van der Waals surface area contributed by atoms with Crippen molar-refractivity contribution in [2.24, 2.45) is 0 Å². The van der Waals surface area contributed by atoms with E-state index in [2.05, 4.69) is 15.4 Å². The highest BCUT2D eigenvalue weighted by Crippen LogP contribution is 2.06. The third kappa shape index (κ3) is 3.04. The Bertz CT molecular complexity index is 635. The van der Waals surface area contributed by atoms with E-state index < -0.39 is 0 Å². The first-order chi connectivity index (χ1) is 9.08. The first kappa shape index (κ1) is 12.9. The molecule has 6 heteroatoms. The van der Waals surface area contributed by atoms with E-state index in [1.54, 1.807) is 24.5 Å². The topological polar surface area (TPSA) is 76.9 Å². The second-order valence-electron chi connectivity index (χ2n) is 4.29. The summed E-state index contributed by atoms with van der Waals surface area (Å²) in [6, 6.07) is 6.01. The molecule has 19 heavy (non-hydrogen) atoms. The molecule has 0 aliphatic carbocycles. The van der Waals surface area contributed by atoms with Gasteiger partial charge in [-0.1, -0.05) is 0 Å². The fraction of sp³-hybridized carbons (Fsp3) is 0.231. The summed E-state index contributed by atoms with van der Waals surface area (Å²) in [6.45, 7) is 3.66. The van der Waals surface area contributed by atoms with Gasteiger partial charge >= 0.3 is 0 Å². The van der Waals surface area contributed by atoms with E-state index in [1.807, 2.05) is 13.8 Å². The molecular formula is C13H14N4O2. The maximum atomic E-state index is 12.0. The number of nitrogens with one attached hydrogen (secondary N) is 1. The van der Waals surface area contributed by atoms with Gasteiger partial charge in [-0.15, -0.1) is 0 Å². The predicted molar refractivity (Wildman–Crippen MR) is 71.1 cm³/mol. The zero-order valence-electron chi connectivity index (χ0n) is 10.7. The van der Waals surface area contributed by atoms with E-state index in [4.69, 9.17) is 0 Å². The number of nitrogens with zero attached hydrogens (tertiary/aromatic N) is 3. The van der Waals surface area contributed by atoms with Gasteiger partial charge in [-0.25, -0.2) is 4.68 Å². The standard InChI is InChI=1S/C13H14N4O2/c1-9(2)17-12(18)4-3-11(16-17)13(19)15-10-5-7-14-8-6-10/h3-9H,1-2H3,(H,14,15,19). The number of amides is 1. The van der Waals surface area contributed by atoms with Crippen molar-refractivity contribution in [3.63, 3.8) is 0 Å². The van der Waals surface area contributed by atoms with Crippen LogP contribution in [-0.4, -0.2) is 20.7 Å². The molecule has 0 atom stereocenters. The molecule has 1 amide bonds. The largest absolute Gasteiger partial charge is 0.320 e. The minimum atomic E-state index is -0.361. The summed E-state index contributed by atoms with van der Waals surface area (Å²) in [5.41, 5.74) is 0.602. The summed E-state index contributed by atoms with van der Waals surface area (Å²) in [5, 5.41) is 6.73. The quantitative estimate of drug-likeness (QED) is 0.904. The van der Waals surface area contributed by atoms with Crippen LogP contribution in [0.15, 0.2) is 41.5 Å². The molecule has 6 nitrogen and oxygen atoms in total. The van der Waals surface area contributed by atoms with Gasteiger partial charge in [0.25, 0.3) is 11.5 Å². The van der Waals surface area contributed by atoms with E-state index in [1.165, 1.54) is 16.8 Å². The second-order valence-corrected chi connectivity index (χ2v) is 4.29. The minimum Gasteiger partial charge on any atom is -0.320 e. The van der Waals surface area contributed by atoms with Gasteiger partial charge in [0, 0.05) is 24.1 Å². The van der Waals surface area contributed by atoms with Crippen molar-refractivity contribution in [3.05, 3.63) is 52.7 Å². The summed E-state index contributed by atoms with van der Waals surface area (Å²) >= 11 is 0. The van der Waals surface area contributed by atoms with Crippen molar-refractivity contribution in [1.29, 1.82) is 0 Å². The van der Waals surface area contributed by atoms with E-state index in [0.29, 0.717) is 5.69 Å². The lowest BCUT2D eigenvalue weighted by Crippen LogP contribution is -2.27. The van der Waals surface area contributed by atoms with Crippen LogP contribution in [0.1, 0.15) is 30.4 Å². The smallest absolute Gasteiger partial charge is 0.276 e. The predicted octanol–water partition coefficient (Wildman–Crippen LogP) is 1.47. The molecule has 0 saturated carbocycles. The van der Waals surface area contributed by atoms with E-state index in [0.717, 1.165) is 0 Å². The van der Waals surface area contributed by atoms with E-state index in [9.17, 15) is 9.59 Å². The average Bonchev–Trinajstić information content (AvgIpc) is 2.40. The number of pyridine rings is 1. The van der Waals surface area contributed by atoms with Gasteiger partial charge in [-0.05, 0) is 32.0 Å². The highest BCUT2D eigenvalue weighted by Gasteiger charge is 2.11. The maximum Gasteiger partial charge on any atom is 0.276 e. The molecule has 0 fully saturated rings. The van der Waals surface area contributed by atoms with Crippen molar-refractivity contribution < 1.29 is 4.79 Å². The molecular weight excluding hydrogens is 244 g/mol. The number of anilines is 1. The van der Waals surface area contributed by atoms with Gasteiger partial charge in [0.05, 0.1) is 6.04 Å². The molecule has 2 aromatic heterocycles. The first-order valence-electron chi connectivity index (χ1n) is 5.89. The fourth-order valence-corrected chi connectivity index (χ4v) is 1.55. The Balaban J connectivity index is 2.25. The third-order valence-electron chi connectivity index (χ3n) is 2.49. The second kappa shape index (κ2) is 5.43. The van der Waals surface area contributed by atoms with Crippen molar-refractivity contribution in [2.45, 2.75) is 19.9 Å². The SMILES string of the molecule is CC(C)n1nc(C(=O)Nc2ccncc2)ccc1=O. The summed E-state index contributed by atoms with van der Waals surface area (Å²) in [6.07, 6.45) is 3.16. The average molecular weight is 258 g/mol. The Morgan fingerprint density at radius 2 is 1.89 bits per heavy atom. The Morgan fingerprint density at radius 3 is 2.53 bits per heavy atom. The van der Waals surface area contributed by atoms with Crippen molar-refractivity contribution in [2.75, 3.05) is 5.32 Å². The van der Waals surface area contributed by atoms with Gasteiger partial charge in [0.2, 0.25) is 0 Å². The van der Waals surface area contributed by atoms with Gasteiger partial charge in [-0.2, -0.15) is 5.10 Å². The molecule has 0 aromatic carbocycles. The first-order valence-corrected chi connectivity index (χ1v) is 5.89. The number of hydrogen-bond donors (Lipinski definition) is 1. The van der Waals surface area contributed by atoms with Crippen LogP contribution in [0.3, 0.4) is 0 Å². The molecule has 1 N–H and O–H groups in total. The maximum absolute atomic E-state index is 12.0. The van der Waals surface area contributed by atoms with Gasteiger partial charge in [-0.3, -0.25) is 14.6 Å². The number of aromatic nitrogens is 3. The number of carbonyl (C=O) groups excluding carboxylic acids is 1. The Kier molecular flexibility index (Phi) is 3.70. The Labute approximate surface area is 110 Å². The molecule has 0 aliphatic heterocycles. The fourth-order valence-electron chi connectivity index (χ4n) is 1.55. The molecule has 2 rings (SSSR count). The number of carbonyl (C=O) groups is 1. The summed E-state index contributed by atoms with van der Waals surface area (Å²) in [4.78, 5) is 27.4. The lowest BCUT2D eigenvalue weighted by molar-refractivity contribution is 0.101. The molecule has 0 spiro atoms. The van der Waals surface area contributed by atoms with Crippen LogP contribution < -0.4 is 10.9 Å².